The van der Waals surface area contributed by atoms with Gasteiger partial charge in [-0.05, 0) is 44.0 Å². The maximum Gasteiger partial charge on any atom is 0.130 e. The summed E-state index contributed by atoms with van der Waals surface area (Å²) < 4.78 is 29.3. The highest BCUT2D eigenvalue weighted by Gasteiger charge is 2.17. The van der Waals surface area contributed by atoms with Gasteiger partial charge in [0.15, 0.2) is 0 Å². The van der Waals surface area contributed by atoms with Gasteiger partial charge in [0, 0.05) is 36.6 Å². The fraction of sp³-hybridized carbons (Fsp3) is 0.438. The minimum Gasteiger partial charge on any atom is -0.310 e. The lowest BCUT2D eigenvalue weighted by molar-refractivity contribution is 0.473. The Balaban J connectivity index is 2.19. The second-order valence-corrected chi connectivity index (χ2v) is 5.22. The molecular weight excluding hydrogens is 272 g/mol. The molecular formula is C16H21F2N3. The monoisotopic (exact) mass is 293 g/mol. The normalized spacial score (nSPS) is 12.6. The summed E-state index contributed by atoms with van der Waals surface area (Å²) in [6.45, 7) is 4.36. The quantitative estimate of drug-likeness (QED) is 0.885. The smallest absolute Gasteiger partial charge is 0.130 e. The van der Waals surface area contributed by atoms with Crippen LogP contribution in [0.25, 0.3) is 0 Å². The molecule has 0 saturated heterocycles. The molecule has 2 rings (SSSR count). The molecule has 0 radical (unpaired) electrons. The van der Waals surface area contributed by atoms with Crippen LogP contribution in [0.5, 0.6) is 0 Å². The van der Waals surface area contributed by atoms with E-state index in [1.54, 1.807) is 19.2 Å². The molecule has 21 heavy (non-hydrogen) atoms. The van der Waals surface area contributed by atoms with Gasteiger partial charge >= 0.3 is 0 Å². The average molecular weight is 293 g/mol. The van der Waals surface area contributed by atoms with Gasteiger partial charge in [-0.2, -0.15) is 5.10 Å². The van der Waals surface area contributed by atoms with E-state index in [2.05, 4.69) is 10.4 Å². The van der Waals surface area contributed by atoms with Crippen molar-refractivity contribution < 1.29 is 8.78 Å². The summed E-state index contributed by atoms with van der Waals surface area (Å²) in [5.41, 5.74) is 2.09. The number of hydrogen-bond donors (Lipinski definition) is 1. The standard InChI is InChI=1S/C16H21F2N3/c1-4-19-16(6-5-12-7-8-20-21(12)3)13-9-11(2)14(17)10-15(13)18/h7-10,16,19H,4-6H2,1-3H3. The van der Waals surface area contributed by atoms with E-state index < -0.39 is 11.6 Å². The number of aromatic nitrogens is 2. The van der Waals surface area contributed by atoms with Gasteiger partial charge in [0.2, 0.25) is 0 Å². The first-order chi connectivity index (χ1) is 10.0. The van der Waals surface area contributed by atoms with Crippen LogP contribution in [0.3, 0.4) is 0 Å². The van der Waals surface area contributed by atoms with Gasteiger partial charge in [-0.25, -0.2) is 8.78 Å². The maximum absolute atomic E-state index is 14.1. The van der Waals surface area contributed by atoms with Gasteiger partial charge in [-0.15, -0.1) is 0 Å². The van der Waals surface area contributed by atoms with Crippen LogP contribution in [0.1, 0.15) is 36.2 Å². The molecule has 0 aliphatic rings. The Kier molecular flexibility index (Phi) is 5.07. The Morgan fingerprint density at radius 3 is 2.67 bits per heavy atom. The van der Waals surface area contributed by atoms with Crippen molar-refractivity contribution in [1.82, 2.24) is 15.1 Å². The van der Waals surface area contributed by atoms with Gasteiger partial charge in [0.05, 0.1) is 0 Å². The van der Waals surface area contributed by atoms with Gasteiger partial charge < -0.3 is 5.32 Å². The number of aryl methyl sites for hydroxylation is 3. The molecule has 0 saturated carbocycles. The summed E-state index contributed by atoms with van der Waals surface area (Å²) in [4.78, 5) is 0. The van der Waals surface area contributed by atoms with Crippen LogP contribution in [0.2, 0.25) is 0 Å². The highest BCUT2D eigenvalue weighted by atomic mass is 19.1. The van der Waals surface area contributed by atoms with Crippen LogP contribution in [-0.2, 0) is 13.5 Å². The van der Waals surface area contributed by atoms with Crippen molar-refractivity contribution in [3.8, 4) is 0 Å². The van der Waals surface area contributed by atoms with Crippen LogP contribution < -0.4 is 5.32 Å². The fourth-order valence-electron chi connectivity index (χ4n) is 2.50. The number of nitrogens with one attached hydrogen (secondary N) is 1. The molecule has 0 amide bonds. The number of rotatable bonds is 6. The summed E-state index contributed by atoms with van der Waals surface area (Å²) in [5, 5.41) is 7.41. The maximum atomic E-state index is 14.1. The first kappa shape index (κ1) is 15.6. The first-order valence-corrected chi connectivity index (χ1v) is 7.18. The lowest BCUT2D eigenvalue weighted by Gasteiger charge is -2.20. The molecule has 1 atom stereocenters. The molecule has 5 heteroatoms. The third-order valence-corrected chi connectivity index (χ3v) is 3.72. The summed E-state index contributed by atoms with van der Waals surface area (Å²) in [6.07, 6.45) is 3.26. The predicted octanol–water partition coefficient (Wildman–Crippen LogP) is 3.29. The van der Waals surface area contributed by atoms with Crippen molar-refractivity contribution in [3.63, 3.8) is 0 Å². The van der Waals surface area contributed by atoms with E-state index >= 15 is 0 Å². The van der Waals surface area contributed by atoms with Crippen LogP contribution in [0, 0.1) is 18.6 Å². The third kappa shape index (κ3) is 3.67. The van der Waals surface area contributed by atoms with E-state index in [-0.39, 0.29) is 6.04 Å². The van der Waals surface area contributed by atoms with Gasteiger partial charge in [-0.1, -0.05) is 6.92 Å². The Morgan fingerprint density at radius 1 is 1.29 bits per heavy atom. The first-order valence-electron chi connectivity index (χ1n) is 7.18. The minimum atomic E-state index is -0.502. The van der Waals surface area contributed by atoms with E-state index in [0.29, 0.717) is 11.1 Å². The molecule has 1 aromatic heterocycles. The Morgan fingerprint density at radius 2 is 2.05 bits per heavy atom. The van der Waals surface area contributed by atoms with Crippen LogP contribution in [-0.4, -0.2) is 16.3 Å². The SMILES string of the molecule is CCNC(CCc1ccnn1C)c1cc(C)c(F)cc1F. The van der Waals surface area contributed by atoms with Crippen LogP contribution in [0.15, 0.2) is 24.4 Å². The largest absolute Gasteiger partial charge is 0.310 e. The zero-order valence-electron chi connectivity index (χ0n) is 12.7. The topological polar surface area (TPSA) is 29.9 Å². The van der Waals surface area contributed by atoms with Crippen molar-refractivity contribution in [3.05, 3.63) is 52.9 Å². The zero-order valence-corrected chi connectivity index (χ0v) is 12.7. The summed E-state index contributed by atoms with van der Waals surface area (Å²) in [5.74, 6) is -0.993. The molecule has 2 aromatic rings. The molecule has 0 spiro atoms. The number of halogens is 2. The molecule has 0 aliphatic carbocycles. The Labute approximate surface area is 124 Å². The fourth-order valence-corrected chi connectivity index (χ4v) is 2.50. The molecule has 0 aliphatic heterocycles. The van der Waals surface area contributed by atoms with Crippen molar-refractivity contribution in [2.24, 2.45) is 7.05 Å². The Hall–Kier alpha value is -1.75. The molecule has 0 bridgehead atoms. The van der Waals surface area contributed by atoms with Crippen molar-refractivity contribution in [2.45, 2.75) is 32.7 Å². The molecule has 1 N–H and O–H groups in total. The third-order valence-electron chi connectivity index (χ3n) is 3.72. The highest BCUT2D eigenvalue weighted by molar-refractivity contribution is 5.28. The molecule has 114 valence electrons. The van der Waals surface area contributed by atoms with E-state index in [9.17, 15) is 8.78 Å². The summed E-state index contributed by atoms with van der Waals surface area (Å²) in [6, 6.07) is 4.39. The zero-order chi connectivity index (χ0) is 15.4. The van der Waals surface area contributed by atoms with Gasteiger partial charge in [0.25, 0.3) is 0 Å². The molecule has 1 unspecified atom stereocenters. The highest BCUT2D eigenvalue weighted by Crippen LogP contribution is 2.24. The van der Waals surface area contributed by atoms with Crippen LogP contribution >= 0.6 is 0 Å². The van der Waals surface area contributed by atoms with E-state index in [0.717, 1.165) is 31.1 Å². The molecule has 1 heterocycles. The Bertz CT molecular complexity index is 608. The van der Waals surface area contributed by atoms with Gasteiger partial charge in [0.1, 0.15) is 11.6 Å². The lowest BCUT2D eigenvalue weighted by atomic mass is 9.98. The second kappa shape index (κ2) is 6.80. The van der Waals surface area contributed by atoms with Gasteiger partial charge in [-0.3, -0.25) is 4.68 Å². The second-order valence-electron chi connectivity index (χ2n) is 5.22. The summed E-state index contributed by atoms with van der Waals surface area (Å²) >= 11 is 0. The van der Waals surface area contributed by atoms with Crippen molar-refractivity contribution in [2.75, 3.05) is 6.54 Å². The minimum absolute atomic E-state index is 0.135. The van der Waals surface area contributed by atoms with E-state index in [4.69, 9.17) is 0 Å². The van der Waals surface area contributed by atoms with Crippen molar-refractivity contribution in [1.29, 1.82) is 0 Å². The number of nitrogens with zero attached hydrogens (tertiary/aromatic N) is 2. The number of benzene rings is 1. The molecule has 0 fully saturated rings. The molecule has 3 nitrogen and oxygen atoms in total. The average Bonchev–Trinajstić information content (AvgIpc) is 2.84. The number of hydrogen-bond acceptors (Lipinski definition) is 2. The van der Waals surface area contributed by atoms with E-state index in [1.165, 1.54) is 0 Å². The van der Waals surface area contributed by atoms with Crippen molar-refractivity contribution >= 4 is 0 Å². The predicted molar refractivity (Wildman–Crippen MR) is 79.0 cm³/mol. The van der Waals surface area contributed by atoms with Crippen LogP contribution in [0.4, 0.5) is 8.78 Å². The van der Waals surface area contributed by atoms with E-state index in [1.807, 2.05) is 24.7 Å². The summed E-state index contributed by atoms with van der Waals surface area (Å²) in [7, 11) is 1.89. The molecule has 1 aromatic carbocycles. The lowest BCUT2D eigenvalue weighted by Crippen LogP contribution is -2.23.